The van der Waals surface area contributed by atoms with E-state index in [1.54, 1.807) is 42.9 Å². The van der Waals surface area contributed by atoms with E-state index in [0.717, 1.165) is 0 Å². The molecule has 148 valence electrons. The van der Waals surface area contributed by atoms with E-state index < -0.39 is 0 Å². The van der Waals surface area contributed by atoms with Crippen LogP contribution in [-0.4, -0.2) is 56.5 Å². The average molecular weight is 393 g/mol. The van der Waals surface area contributed by atoms with E-state index in [-0.39, 0.29) is 24.3 Å². The lowest BCUT2D eigenvalue weighted by Crippen LogP contribution is -2.48. The van der Waals surface area contributed by atoms with Gasteiger partial charge in [-0.2, -0.15) is 4.98 Å². The predicted octanol–water partition coefficient (Wildman–Crippen LogP) is 1.52. The van der Waals surface area contributed by atoms with Gasteiger partial charge in [0, 0.05) is 43.8 Å². The van der Waals surface area contributed by atoms with Crippen LogP contribution in [0.2, 0.25) is 0 Å². The highest BCUT2D eigenvalue weighted by molar-refractivity contribution is 5.94. The minimum Gasteiger partial charge on any atom is -0.339 e. The number of amides is 2. The van der Waals surface area contributed by atoms with Gasteiger partial charge in [0.15, 0.2) is 0 Å². The number of nitrogens with zero attached hydrogens (tertiary/aromatic N) is 5. The van der Waals surface area contributed by atoms with Crippen LogP contribution in [-0.2, 0) is 9.59 Å². The van der Waals surface area contributed by atoms with Gasteiger partial charge in [-0.1, -0.05) is 11.2 Å². The first-order chi connectivity index (χ1) is 14.1. The van der Waals surface area contributed by atoms with Crippen LogP contribution in [0.1, 0.15) is 18.7 Å². The fraction of sp³-hybridized carbons (Fsp3) is 0.263. The fourth-order valence-corrected chi connectivity index (χ4v) is 3.06. The van der Waals surface area contributed by atoms with E-state index in [4.69, 9.17) is 4.52 Å². The first-order valence-electron chi connectivity index (χ1n) is 9.06. The van der Waals surface area contributed by atoms with Crippen molar-refractivity contribution in [3.8, 4) is 11.5 Å². The predicted molar refractivity (Wildman–Crippen MR) is 104 cm³/mol. The third-order valence-corrected chi connectivity index (χ3v) is 4.37. The Balaban J connectivity index is 1.27. The average Bonchev–Trinajstić information content (AvgIpc) is 3.14. The molecule has 2 amide bonds. The maximum atomic E-state index is 12.3. The minimum absolute atomic E-state index is 0.0869. The molecule has 1 fully saturated rings. The van der Waals surface area contributed by atoms with Gasteiger partial charge in [0.25, 0.3) is 0 Å². The highest BCUT2D eigenvalue weighted by Gasteiger charge is 2.33. The summed E-state index contributed by atoms with van der Waals surface area (Å²) in [4.78, 5) is 37.9. The molecule has 10 heteroatoms. The number of carbonyl (C=O) groups excluding carboxylic acids is 2. The number of nitrogens with one attached hydrogen (secondary N) is 2. The topological polar surface area (TPSA) is 126 Å². The quantitative estimate of drug-likeness (QED) is 0.646. The van der Waals surface area contributed by atoms with Crippen LogP contribution < -0.4 is 10.6 Å². The number of hydrogen-bond donors (Lipinski definition) is 2. The Kier molecular flexibility index (Phi) is 5.25. The Bertz CT molecular complexity index is 1020. The lowest BCUT2D eigenvalue weighted by atomic mass is 10.0. The van der Waals surface area contributed by atoms with Gasteiger partial charge in [0.1, 0.15) is 5.69 Å². The Morgan fingerprint density at radius 2 is 2.00 bits per heavy atom. The second-order valence-corrected chi connectivity index (χ2v) is 6.75. The van der Waals surface area contributed by atoms with E-state index >= 15 is 0 Å². The number of benzene rings is 1. The SMILES string of the molecule is CC(=O)Nc1cccc(NC(=O)CN2CC(c3nc(-c4cnccn4)no3)C2)c1. The summed E-state index contributed by atoms with van der Waals surface area (Å²) in [6, 6.07) is 7.01. The molecular weight excluding hydrogens is 374 g/mol. The molecule has 1 aliphatic rings. The maximum Gasteiger partial charge on any atom is 0.238 e. The Labute approximate surface area is 166 Å². The molecule has 2 N–H and O–H groups in total. The van der Waals surface area contributed by atoms with E-state index in [1.807, 2.05) is 4.90 Å². The van der Waals surface area contributed by atoms with Crippen molar-refractivity contribution in [2.45, 2.75) is 12.8 Å². The van der Waals surface area contributed by atoms with E-state index in [9.17, 15) is 9.59 Å². The van der Waals surface area contributed by atoms with Crippen molar-refractivity contribution < 1.29 is 14.1 Å². The largest absolute Gasteiger partial charge is 0.339 e. The monoisotopic (exact) mass is 393 g/mol. The van der Waals surface area contributed by atoms with Crippen molar-refractivity contribution in [2.24, 2.45) is 0 Å². The summed E-state index contributed by atoms with van der Waals surface area (Å²) >= 11 is 0. The van der Waals surface area contributed by atoms with Crippen molar-refractivity contribution in [3.63, 3.8) is 0 Å². The summed E-state index contributed by atoms with van der Waals surface area (Å²) in [5.74, 6) is 0.732. The van der Waals surface area contributed by atoms with Crippen LogP contribution in [0.5, 0.6) is 0 Å². The normalized spacial score (nSPS) is 14.2. The maximum absolute atomic E-state index is 12.3. The van der Waals surface area contributed by atoms with Crippen molar-refractivity contribution in [3.05, 3.63) is 48.7 Å². The zero-order chi connectivity index (χ0) is 20.2. The van der Waals surface area contributed by atoms with Crippen LogP contribution in [0, 0.1) is 0 Å². The van der Waals surface area contributed by atoms with Crippen LogP contribution in [0.15, 0.2) is 47.4 Å². The first kappa shape index (κ1) is 18.7. The van der Waals surface area contributed by atoms with Gasteiger partial charge in [-0.05, 0) is 18.2 Å². The van der Waals surface area contributed by atoms with E-state index in [1.165, 1.54) is 6.92 Å². The molecule has 1 saturated heterocycles. The van der Waals surface area contributed by atoms with E-state index in [0.29, 0.717) is 41.9 Å². The molecule has 0 radical (unpaired) electrons. The molecule has 1 aromatic carbocycles. The Morgan fingerprint density at radius 3 is 2.72 bits per heavy atom. The summed E-state index contributed by atoms with van der Waals surface area (Å²) in [6.07, 6.45) is 4.73. The zero-order valence-electron chi connectivity index (χ0n) is 15.7. The van der Waals surface area contributed by atoms with Crippen LogP contribution in [0.4, 0.5) is 11.4 Å². The molecule has 3 aromatic rings. The highest BCUT2D eigenvalue weighted by atomic mass is 16.5. The molecule has 3 heterocycles. The van der Waals surface area contributed by atoms with Crippen molar-refractivity contribution in [2.75, 3.05) is 30.3 Å². The first-order valence-corrected chi connectivity index (χ1v) is 9.06. The van der Waals surface area contributed by atoms with Gasteiger partial charge < -0.3 is 15.2 Å². The number of aromatic nitrogens is 4. The summed E-state index contributed by atoms with van der Waals surface area (Å²) in [6.45, 7) is 3.00. The highest BCUT2D eigenvalue weighted by Crippen LogP contribution is 2.27. The van der Waals surface area contributed by atoms with Crippen molar-refractivity contribution in [1.82, 2.24) is 25.0 Å². The van der Waals surface area contributed by atoms with Crippen molar-refractivity contribution >= 4 is 23.2 Å². The van der Waals surface area contributed by atoms with Crippen LogP contribution >= 0.6 is 0 Å². The second kappa shape index (κ2) is 8.15. The number of carbonyl (C=O) groups is 2. The molecule has 29 heavy (non-hydrogen) atoms. The van der Waals surface area contributed by atoms with Crippen molar-refractivity contribution in [1.29, 1.82) is 0 Å². The van der Waals surface area contributed by atoms with Gasteiger partial charge in [0.2, 0.25) is 23.5 Å². The number of anilines is 2. The molecule has 0 spiro atoms. The van der Waals surface area contributed by atoms with Crippen LogP contribution in [0.3, 0.4) is 0 Å². The van der Waals surface area contributed by atoms with E-state index in [2.05, 4.69) is 30.7 Å². The lowest BCUT2D eigenvalue weighted by Gasteiger charge is -2.36. The molecule has 0 bridgehead atoms. The molecule has 2 aromatic heterocycles. The second-order valence-electron chi connectivity index (χ2n) is 6.75. The molecule has 0 atom stereocenters. The third-order valence-electron chi connectivity index (χ3n) is 4.37. The fourth-order valence-electron chi connectivity index (χ4n) is 3.06. The summed E-state index contributed by atoms with van der Waals surface area (Å²) in [7, 11) is 0. The Morgan fingerprint density at radius 1 is 1.21 bits per heavy atom. The van der Waals surface area contributed by atoms with Gasteiger partial charge in [-0.25, -0.2) is 4.98 Å². The summed E-state index contributed by atoms with van der Waals surface area (Å²) in [5, 5.41) is 9.47. The number of likely N-dealkylation sites (tertiary alicyclic amines) is 1. The molecule has 1 aliphatic heterocycles. The van der Waals surface area contributed by atoms with Crippen LogP contribution in [0.25, 0.3) is 11.5 Å². The molecule has 4 rings (SSSR count). The Hall–Kier alpha value is -3.66. The van der Waals surface area contributed by atoms with Gasteiger partial charge in [-0.15, -0.1) is 0 Å². The smallest absolute Gasteiger partial charge is 0.238 e. The minimum atomic E-state index is -0.163. The molecule has 10 nitrogen and oxygen atoms in total. The summed E-state index contributed by atoms with van der Waals surface area (Å²) < 4.78 is 5.33. The zero-order valence-corrected chi connectivity index (χ0v) is 15.7. The molecular formula is C19H19N7O3. The van der Waals surface area contributed by atoms with Gasteiger partial charge in [0.05, 0.1) is 18.7 Å². The lowest BCUT2D eigenvalue weighted by molar-refractivity contribution is -0.118. The van der Waals surface area contributed by atoms with Gasteiger partial charge >= 0.3 is 0 Å². The molecule has 0 saturated carbocycles. The standard InChI is InChI=1S/C19H19N7O3/c1-12(27)22-14-3-2-4-15(7-14)23-17(28)11-26-9-13(10-26)19-24-18(25-29-19)16-8-20-5-6-21-16/h2-8,13H,9-11H2,1H3,(H,22,27)(H,23,28). The number of rotatable bonds is 6. The third kappa shape index (κ3) is 4.61. The summed E-state index contributed by atoms with van der Waals surface area (Å²) in [5.41, 5.74) is 1.82. The number of hydrogen-bond acceptors (Lipinski definition) is 8. The van der Waals surface area contributed by atoms with Gasteiger partial charge in [-0.3, -0.25) is 19.5 Å². The molecule has 0 unspecified atom stereocenters. The molecule has 0 aliphatic carbocycles.